The molecule has 0 saturated carbocycles. The van der Waals surface area contributed by atoms with E-state index in [0.29, 0.717) is 8.95 Å². The van der Waals surface area contributed by atoms with Crippen LogP contribution in [0.4, 0.5) is 4.39 Å². The van der Waals surface area contributed by atoms with Gasteiger partial charge >= 0.3 is 5.97 Å². The van der Waals surface area contributed by atoms with Gasteiger partial charge < -0.3 is 9.84 Å². The summed E-state index contributed by atoms with van der Waals surface area (Å²) in [5.74, 6) is -1.87. The van der Waals surface area contributed by atoms with Crippen molar-refractivity contribution in [3.63, 3.8) is 0 Å². The van der Waals surface area contributed by atoms with Crippen LogP contribution in [0.5, 0.6) is 5.75 Å². The lowest BCUT2D eigenvalue weighted by molar-refractivity contribution is -0.139. The number of rotatable bonds is 3. The van der Waals surface area contributed by atoms with Crippen molar-refractivity contribution in [1.29, 1.82) is 0 Å². The van der Waals surface area contributed by atoms with Crippen molar-refractivity contribution in [3.8, 4) is 5.75 Å². The zero-order valence-corrected chi connectivity index (χ0v) is 9.93. The topological polar surface area (TPSA) is 46.5 Å². The van der Waals surface area contributed by atoms with E-state index >= 15 is 0 Å². The first kappa shape index (κ1) is 11.5. The third-order valence-corrected chi connectivity index (χ3v) is 2.35. The highest BCUT2D eigenvalue weighted by atomic mass is 79.9. The first-order valence-corrected chi connectivity index (χ1v) is 5.08. The predicted molar refractivity (Wildman–Crippen MR) is 54.9 cm³/mol. The highest BCUT2D eigenvalue weighted by Crippen LogP contribution is 2.31. The van der Waals surface area contributed by atoms with Gasteiger partial charge in [-0.05, 0) is 28.1 Å². The summed E-state index contributed by atoms with van der Waals surface area (Å²) in [5, 5.41) is 8.34. The minimum Gasteiger partial charge on any atom is -0.479 e. The Balaban J connectivity index is 2.91. The first-order chi connectivity index (χ1) is 6.50. The largest absolute Gasteiger partial charge is 0.479 e. The molecule has 1 aromatic carbocycles. The summed E-state index contributed by atoms with van der Waals surface area (Å²) < 4.78 is 18.8. The average molecular weight is 328 g/mol. The molecule has 0 bridgehead atoms. The van der Waals surface area contributed by atoms with E-state index in [0.717, 1.165) is 0 Å². The quantitative estimate of drug-likeness (QED) is 0.928. The van der Waals surface area contributed by atoms with Crippen LogP contribution in [0.1, 0.15) is 0 Å². The van der Waals surface area contributed by atoms with Gasteiger partial charge in [-0.3, -0.25) is 0 Å². The molecule has 0 saturated heterocycles. The summed E-state index contributed by atoms with van der Waals surface area (Å²) in [6.07, 6.45) is 0. The smallest absolute Gasteiger partial charge is 0.341 e. The third kappa shape index (κ3) is 2.95. The van der Waals surface area contributed by atoms with E-state index in [1.54, 1.807) is 6.07 Å². The van der Waals surface area contributed by atoms with Gasteiger partial charge in [-0.15, -0.1) is 0 Å². The third-order valence-electron chi connectivity index (χ3n) is 1.30. The SMILES string of the molecule is O=C(O)COc1c(F)cc(Br)cc1Br. The van der Waals surface area contributed by atoms with Gasteiger partial charge in [0, 0.05) is 4.47 Å². The number of hydrogen-bond donors (Lipinski definition) is 1. The van der Waals surface area contributed by atoms with Crippen LogP contribution in [0, 0.1) is 5.82 Å². The lowest BCUT2D eigenvalue weighted by Gasteiger charge is -2.07. The van der Waals surface area contributed by atoms with E-state index in [2.05, 4.69) is 31.9 Å². The molecule has 76 valence electrons. The lowest BCUT2D eigenvalue weighted by Crippen LogP contribution is -2.10. The van der Waals surface area contributed by atoms with Gasteiger partial charge in [-0.2, -0.15) is 0 Å². The van der Waals surface area contributed by atoms with Crippen molar-refractivity contribution in [2.45, 2.75) is 0 Å². The summed E-state index contributed by atoms with van der Waals surface area (Å²) in [6.45, 7) is -0.572. The number of carbonyl (C=O) groups is 1. The minimum atomic E-state index is -1.15. The normalized spacial score (nSPS) is 9.93. The molecule has 0 spiro atoms. The maximum Gasteiger partial charge on any atom is 0.341 e. The van der Waals surface area contributed by atoms with Crippen LogP contribution in [-0.4, -0.2) is 17.7 Å². The molecular formula is C8H5Br2FO3. The van der Waals surface area contributed by atoms with Gasteiger partial charge in [0.1, 0.15) is 0 Å². The molecular weight excluding hydrogens is 323 g/mol. The summed E-state index contributed by atoms with van der Waals surface area (Å²) in [7, 11) is 0. The highest BCUT2D eigenvalue weighted by molar-refractivity contribution is 9.11. The Morgan fingerprint density at radius 1 is 1.50 bits per heavy atom. The van der Waals surface area contributed by atoms with E-state index < -0.39 is 18.4 Å². The summed E-state index contributed by atoms with van der Waals surface area (Å²) in [6, 6.07) is 2.77. The number of hydrogen-bond acceptors (Lipinski definition) is 2. The predicted octanol–water partition coefficient (Wildman–Crippen LogP) is 2.81. The second-order valence-corrected chi connectivity index (χ2v) is 4.15. The van der Waals surface area contributed by atoms with Crippen molar-refractivity contribution >= 4 is 37.8 Å². The maximum atomic E-state index is 13.2. The van der Waals surface area contributed by atoms with Crippen LogP contribution in [0.3, 0.4) is 0 Å². The van der Waals surface area contributed by atoms with Crippen LogP contribution < -0.4 is 4.74 Å². The molecule has 1 N–H and O–H groups in total. The molecule has 3 nitrogen and oxygen atoms in total. The standard InChI is InChI=1S/C8H5Br2FO3/c9-4-1-5(10)8(6(11)2-4)14-3-7(12)13/h1-2H,3H2,(H,12,13). The molecule has 1 rings (SSSR count). The van der Waals surface area contributed by atoms with Crippen molar-refractivity contribution in [1.82, 2.24) is 0 Å². The number of aliphatic carboxylic acids is 1. The fourth-order valence-electron chi connectivity index (χ4n) is 0.801. The van der Waals surface area contributed by atoms with Crippen LogP contribution >= 0.6 is 31.9 Å². The molecule has 0 amide bonds. The average Bonchev–Trinajstić information content (AvgIpc) is 2.01. The molecule has 0 heterocycles. The number of carboxylic acids is 1. The zero-order valence-electron chi connectivity index (χ0n) is 6.76. The molecule has 0 aliphatic carbocycles. The Kier molecular flexibility index (Phi) is 3.88. The summed E-state index contributed by atoms with van der Waals surface area (Å²) in [4.78, 5) is 10.2. The number of halogens is 3. The second kappa shape index (κ2) is 4.75. The lowest BCUT2D eigenvalue weighted by atomic mass is 10.3. The monoisotopic (exact) mass is 326 g/mol. The Morgan fingerprint density at radius 2 is 2.14 bits per heavy atom. The van der Waals surface area contributed by atoms with Crippen LogP contribution in [0.25, 0.3) is 0 Å². The van der Waals surface area contributed by atoms with E-state index in [1.807, 2.05) is 0 Å². The van der Waals surface area contributed by atoms with Gasteiger partial charge in [0.2, 0.25) is 0 Å². The van der Waals surface area contributed by atoms with Gasteiger partial charge in [0.05, 0.1) is 4.47 Å². The van der Waals surface area contributed by atoms with Crippen molar-refractivity contribution < 1.29 is 19.0 Å². The molecule has 0 aliphatic rings. The van der Waals surface area contributed by atoms with E-state index in [9.17, 15) is 9.18 Å². The molecule has 0 radical (unpaired) electrons. The van der Waals surface area contributed by atoms with Crippen LogP contribution in [0.15, 0.2) is 21.1 Å². The Labute approximate surface area is 96.1 Å². The first-order valence-electron chi connectivity index (χ1n) is 3.50. The van der Waals surface area contributed by atoms with Gasteiger partial charge in [0.25, 0.3) is 0 Å². The highest BCUT2D eigenvalue weighted by Gasteiger charge is 2.11. The minimum absolute atomic E-state index is 0.101. The number of carboxylic acid groups (broad SMARTS) is 1. The maximum absolute atomic E-state index is 13.2. The van der Waals surface area contributed by atoms with E-state index in [-0.39, 0.29) is 5.75 Å². The number of benzene rings is 1. The molecule has 0 fully saturated rings. The van der Waals surface area contributed by atoms with Gasteiger partial charge in [0.15, 0.2) is 18.2 Å². The van der Waals surface area contributed by atoms with Gasteiger partial charge in [-0.1, -0.05) is 15.9 Å². The summed E-state index contributed by atoms with van der Waals surface area (Å²) in [5.41, 5.74) is 0. The zero-order chi connectivity index (χ0) is 10.7. The summed E-state index contributed by atoms with van der Waals surface area (Å²) >= 11 is 6.15. The van der Waals surface area contributed by atoms with Crippen molar-refractivity contribution in [2.75, 3.05) is 6.61 Å². The molecule has 0 aromatic heterocycles. The van der Waals surface area contributed by atoms with E-state index in [4.69, 9.17) is 9.84 Å². The molecule has 0 atom stereocenters. The number of ether oxygens (including phenoxy) is 1. The second-order valence-electron chi connectivity index (χ2n) is 2.38. The molecule has 0 aliphatic heterocycles. The molecule has 1 aromatic rings. The Bertz CT molecular complexity index is 345. The fraction of sp³-hybridized carbons (Fsp3) is 0.125. The van der Waals surface area contributed by atoms with Gasteiger partial charge in [-0.25, -0.2) is 9.18 Å². The molecule has 0 unspecified atom stereocenters. The Morgan fingerprint density at radius 3 is 2.64 bits per heavy atom. The van der Waals surface area contributed by atoms with Crippen molar-refractivity contribution in [2.24, 2.45) is 0 Å². The fourth-order valence-corrected chi connectivity index (χ4v) is 2.09. The van der Waals surface area contributed by atoms with Crippen molar-refractivity contribution in [3.05, 3.63) is 26.9 Å². The van der Waals surface area contributed by atoms with Crippen LogP contribution in [0.2, 0.25) is 0 Å². The van der Waals surface area contributed by atoms with E-state index in [1.165, 1.54) is 6.07 Å². The molecule has 6 heteroatoms. The Hall–Kier alpha value is -0.620. The van der Waals surface area contributed by atoms with Crippen LogP contribution in [-0.2, 0) is 4.79 Å². The molecule has 14 heavy (non-hydrogen) atoms.